The zero-order valence-corrected chi connectivity index (χ0v) is 9.01. The Morgan fingerprint density at radius 2 is 2.06 bits per heavy atom. The molecule has 0 saturated heterocycles. The van der Waals surface area contributed by atoms with E-state index in [1.807, 2.05) is 0 Å². The van der Waals surface area contributed by atoms with Gasteiger partial charge in [-0.05, 0) is 12.1 Å². The molecule has 2 nitrogen and oxygen atoms in total. The Morgan fingerprint density at radius 1 is 1.33 bits per heavy atom. The van der Waals surface area contributed by atoms with E-state index in [0.29, 0.717) is 12.1 Å². The van der Waals surface area contributed by atoms with Gasteiger partial charge in [-0.15, -0.1) is 12.3 Å². The number of rotatable bonds is 2. The molecule has 1 aromatic carbocycles. The number of fused-ring (bicyclic) bond motifs is 1. The first kappa shape index (κ1) is 12.4. The lowest BCUT2D eigenvalue weighted by Crippen LogP contribution is -2.06. The van der Waals surface area contributed by atoms with Crippen LogP contribution in [0.4, 0.5) is 17.6 Å². The molecule has 0 spiro atoms. The summed E-state index contributed by atoms with van der Waals surface area (Å²) in [5.74, 6) is 1.43. The maximum Gasteiger partial charge on any atom is 0.418 e. The number of benzene rings is 1. The monoisotopic (exact) mass is 257 g/mol. The van der Waals surface area contributed by atoms with Crippen LogP contribution in [0.15, 0.2) is 16.5 Å². The molecule has 0 saturated carbocycles. The van der Waals surface area contributed by atoms with Gasteiger partial charge in [0.25, 0.3) is 0 Å². The molecular formula is C12H7F4NO. The highest BCUT2D eigenvalue weighted by Gasteiger charge is 2.35. The lowest BCUT2D eigenvalue weighted by Gasteiger charge is -2.05. The molecular weight excluding hydrogens is 250 g/mol. The van der Waals surface area contributed by atoms with Gasteiger partial charge < -0.3 is 4.42 Å². The number of hydrogen-bond acceptors (Lipinski definition) is 2. The summed E-state index contributed by atoms with van der Waals surface area (Å²) in [5, 5.41) is 0. The Labute approximate surface area is 99.6 Å². The fourth-order valence-corrected chi connectivity index (χ4v) is 1.53. The van der Waals surface area contributed by atoms with Crippen molar-refractivity contribution < 1.29 is 22.0 Å². The lowest BCUT2D eigenvalue weighted by atomic mass is 10.2. The summed E-state index contributed by atoms with van der Waals surface area (Å²) in [4.78, 5) is 3.66. The molecule has 0 N–H and O–H groups in total. The molecule has 0 aliphatic rings. The van der Waals surface area contributed by atoms with Crippen LogP contribution >= 0.6 is 0 Å². The normalized spacial score (nSPS) is 11.7. The highest BCUT2D eigenvalue weighted by atomic mass is 19.4. The van der Waals surface area contributed by atoms with E-state index in [2.05, 4.69) is 10.9 Å². The topological polar surface area (TPSA) is 26.0 Å². The number of halogens is 4. The van der Waals surface area contributed by atoms with Crippen molar-refractivity contribution in [2.45, 2.75) is 19.0 Å². The Kier molecular flexibility index (Phi) is 2.99. The second kappa shape index (κ2) is 4.33. The summed E-state index contributed by atoms with van der Waals surface area (Å²) in [6.45, 7) is 0. The van der Waals surface area contributed by atoms with Crippen LogP contribution in [0.5, 0.6) is 0 Å². The van der Waals surface area contributed by atoms with E-state index in [-0.39, 0.29) is 18.7 Å². The van der Waals surface area contributed by atoms with Crippen molar-refractivity contribution >= 4 is 11.1 Å². The molecule has 6 heteroatoms. The maximum absolute atomic E-state index is 13.3. The molecule has 0 aliphatic heterocycles. The van der Waals surface area contributed by atoms with E-state index < -0.39 is 28.7 Å². The predicted octanol–water partition coefficient (Wildman–Crippen LogP) is 3.55. The number of oxazole rings is 1. The van der Waals surface area contributed by atoms with Crippen LogP contribution in [0.25, 0.3) is 11.1 Å². The molecule has 0 fully saturated rings. The summed E-state index contributed by atoms with van der Waals surface area (Å²) < 4.78 is 56.3. The summed E-state index contributed by atoms with van der Waals surface area (Å²) in [5.41, 5.74) is -2.03. The largest absolute Gasteiger partial charge is 0.438 e. The molecule has 0 amide bonds. The van der Waals surface area contributed by atoms with Crippen LogP contribution in [0.3, 0.4) is 0 Å². The minimum atomic E-state index is -4.60. The number of aromatic nitrogens is 1. The molecule has 0 aliphatic carbocycles. The Hall–Kier alpha value is -2.03. The van der Waals surface area contributed by atoms with Crippen molar-refractivity contribution in [3.63, 3.8) is 0 Å². The van der Waals surface area contributed by atoms with E-state index in [1.54, 1.807) is 0 Å². The maximum atomic E-state index is 13.3. The highest BCUT2D eigenvalue weighted by Crippen LogP contribution is 2.35. The molecule has 94 valence electrons. The van der Waals surface area contributed by atoms with Crippen LogP contribution in [-0.2, 0) is 12.6 Å². The average Bonchev–Trinajstić information content (AvgIpc) is 2.69. The molecule has 0 unspecified atom stereocenters. The van der Waals surface area contributed by atoms with Gasteiger partial charge in [0.05, 0.1) is 5.56 Å². The van der Waals surface area contributed by atoms with E-state index in [9.17, 15) is 17.6 Å². The summed E-state index contributed by atoms with van der Waals surface area (Å²) >= 11 is 0. The van der Waals surface area contributed by atoms with Crippen LogP contribution < -0.4 is 0 Å². The van der Waals surface area contributed by atoms with Crippen LogP contribution in [-0.4, -0.2) is 4.98 Å². The first-order chi connectivity index (χ1) is 8.43. The third kappa shape index (κ3) is 2.16. The van der Waals surface area contributed by atoms with Crippen molar-refractivity contribution in [1.82, 2.24) is 4.98 Å². The SMILES string of the molecule is C#CCCc1nc2c(C(F)(F)F)ccc(F)c2o1. The van der Waals surface area contributed by atoms with Crippen molar-refractivity contribution in [1.29, 1.82) is 0 Å². The van der Waals surface area contributed by atoms with Gasteiger partial charge in [-0.2, -0.15) is 13.2 Å². The van der Waals surface area contributed by atoms with E-state index in [0.717, 1.165) is 0 Å². The molecule has 18 heavy (non-hydrogen) atoms. The van der Waals surface area contributed by atoms with Crippen molar-refractivity contribution in [3.8, 4) is 12.3 Å². The molecule has 0 atom stereocenters. The van der Waals surface area contributed by atoms with Crippen molar-refractivity contribution in [2.24, 2.45) is 0 Å². The first-order valence-corrected chi connectivity index (χ1v) is 5.02. The van der Waals surface area contributed by atoms with Gasteiger partial charge >= 0.3 is 6.18 Å². The zero-order chi connectivity index (χ0) is 13.3. The molecule has 0 radical (unpaired) electrons. The first-order valence-electron chi connectivity index (χ1n) is 5.02. The second-order valence-corrected chi connectivity index (χ2v) is 3.58. The highest BCUT2D eigenvalue weighted by molar-refractivity contribution is 5.77. The van der Waals surface area contributed by atoms with Crippen molar-refractivity contribution in [3.05, 3.63) is 29.4 Å². The number of nitrogens with zero attached hydrogens (tertiary/aromatic N) is 1. The quantitative estimate of drug-likeness (QED) is 0.607. The fourth-order valence-electron chi connectivity index (χ4n) is 1.53. The number of aryl methyl sites for hydroxylation is 1. The van der Waals surface area contributed by atoms with Crippen LogP contribution in [0.2, 0.25) is 0 Å². The third-order valence-corrected chi connectivity index (χ3v) is 2.33. The van der Waals surface area contributed by atoms with Gasteiger partial charge in [-0.3, -0.25) is 0 Å². The zero-order valence-electron chi connectivity index (χ0n) is 9.01. The Bertz CT molecular complexity index is 621. The predicted molar refractivity (Wildman–Crippen MR) is 56.1 cm³/mol. The number of hydrogen-bond donors (Lipinski definition) is 0. The Morgan fingerprint density at radius 3 is 2.67 bits per heavy atom. The number of alkyl halides is 3. The number of terminal acetylenes is 1. The molecule has 1 aromatic heterocycles. The van der Waals surface area contributed by atoms with Gasteiger partial charge in [0, 0.05) is 12.8 Å². The smallest absolute Gasteiger partial charge is 0.418 e. The minimum absolute atomic E-state index is 0.00134. The van der Waals surface area contributed by atoms with Crippen LogP contribution in [0.1, 0.15) is 17.9 Å². The van der Waals surface area contributed by atoms with E-state index in [4.69, 9.17) is 10.8 Å². The van der Waals surface area contributed by atoms with Gasteiger partial charge in [-0.25, -0.2) is 9.37 Å². The summed E-state index contributed by atoms with van der Waals surface area (Å²) in [7, 11) is 0. The second-order valence-electron chi connectivity index (χ2n) is 3.58. The van der Waals surface area contributed by atoms with Crippen LogP contribution in [0, 0.1) is 18.2 Å². The van der Waals surface area contributed by atoms with Gasteiger partial charge in [-0.1, -0.05) is 0 Å². The average molecular weight is 257 g/mol. The fraction of sp³-hybridized carbons (Fsp3) is 0.250. The van der Waals surface area contributed by atoms with E-state index in [1.165, 1.54) is 0 Å². The third-order valence-electron chi connectivity index (χ3n) is 2.33. The van der Waals surface area contributed by atoms with Gasteiger partial charge in [0.15, 0.2) is 17.3 Å². The summed E-state index contributed by atoms with van der Waals surface area (Å²) in [6, 6.07) is 1.35. The Balaban J connectivity index is 2.59. The van der Waals surface area contributed by atoms with Gasteiger partial charge in [0.2, 0.25) is 0 Å². The molecule has 2 aromatic rings. The van der Waals surface area contributed by atoms with Gasteiger partial charge in [0.1, 0.15) is 5.52 Å². The molecule has 0 bridgehead atoms. The van der Waals surface area contributed by atoms with E-state index >= 15 is 0 Å². The molecule has 2 rings (SSSR count). The standard InChI is InChI=1S/C12H7F4NO/c1-2-3-4-9-17-10-7(12(14,15)16)5-6-8(13)11(10)18-9/h1,5-6H,3-4H2. The molecule has 1 heterocycles. The van der Waals surface area contributed by atoms with Crippen molar-refractivity contribution in [2.75, 3.05) is 0 Å². The summed E-state index contributed by atoms with van der Waals surface area (Å²) in [6.07, 6.45) is 0.849. The minimum Gasteiger partial charge on any atom is -0.438 e. The lowest BCUT2D eigenvalue weighted by molar-refractivity contribution is -0.136.